The van der Waals surface area contributed by atoms with Crippen molar-refractivity contribution >= 4 is 46.5 Å². The summed E-state index contributed by atoms with van der Waals surface area (Å²) in [7, 11) is 2.57. The van der Waals surface area contributed by atoms with Crippen LogP contribution in [0.2, 0.25) is 5.02 Å². The molecule has 3 aromatic heterocycles. The monoisotopic (exact) mass is 915 g/mol. The van der Waals surface area contributed by atoms with Crippen LogP contribution in [0.5, 0.6) is 5.75 Å². The molecule has 17 heteroatoms. The molecule has 5 N–H and O–H groups in total. The second-order valence-electron chi connectivity index (χ2n) is 17.9. The largest absolute Gasteiger partial charge is 0.480 e. The highest BCUT2D eigenvalue weighted by Crippen LogP contribution is 2.49. The SMILES string of the molecule is COC(=O)NC(C(=O)N1CCC[C@H]1c1ncc(-c2ccc3[nH]c4c(c3c2)C(c2ccc(Cl)cc2)Oc2cc(-c3cnc([C@@H]5CCCN5C(=O)[C@@H](NC(=O)OC)C(C)C)[nH]3)ccc2-4)[nH]1)C(C)C. The van der Waals surface area contributed by atoms with Gasteiger partial charge in [0.1, 0.15) is 29.5 Å². The number of alkyl carbamates (subject to hydrolysis) is 2. The van der Waals surface area contributed by atoms with Crippen LogP contribution in [0.15, 0.2) is 73.1 Å². The lowest BCUT2D eigenvalue weighted by atomic mass is 9.91. The first-order chi connectivity index (χ1) is 31.8. The van der Waals surface area contributed by atoms with Gasteiger partial charge in [-0.2, -0.15) is 0 Å². The molecule has 3 aliphatic rings. The first kappa shape index (κ1) is 44.4. The Hall–Kier alpha value is -6.81. The Morgan fingerprint density at radius 2 is 1.26 bits per heavy atom. The molecule has 344 valence electrons. The average molecular weight is 916 g/mol. The molecule has 16 nitrogen and oxygen atoms in total. The molecule has 0 bridgehead atoms. The number of aromatic amines is 3. The molecule has 0 spiro atoms. The van der Waals surface area contributed by atoms with E-state index in [4.69, 9.17) is 35.8 Å². The van der Waals surface area contributed by atoms with Crippen LogP contribution in [0.1, 0.15) is 94.3 Å². The van der Waals surface area contributed by atoms with Gasteiger partial charge in [-0.05, 0) is 79.5 Å². The molecule has 66 heavy (non-hydrogen) atoms. The summed E-state index contributed by atoms with van der Waals surface area (Å²) in [6.45, 7) is 8.70. The number of carbonyl (C=O) groups excluding carboxylic acids is 4. The summed E-state index contributed by atoms with van der Waals surface area (Å²) in [5, 5.41) is 7.03. The van der Waals surface area contributed by atoms with Crippen LogP contribution in [0.4, 0.5) is 9.59 Å². The summed E-state index contributed by atoms with van der Waals surface area (Å²) < 4.78 is 16.6. The number of imidazole rings is 2. The third-order valence-corrected chi connectivity index (χ3v) is 13.3. The smallest absolute Gasteiger partial charge is 0.407 e. The van der Waals surface area contributed by atoms with E-state index in [1.165, 1.54) is 14.2 Å². The van der Waals surface area contributed by atoms with Gasteiger partial charge in [-0.25, -0.2) is 19.6 Å². The van der Waals surface area contributed by atoms with Crippen molar-refractivity contribution in [1.82, 2.24) is 45.4 Å². The lowest BCUT2D eigenvalue weighted by Gasteiger charge is -2.30. The predicted molar refractivity (Wildman–Crippen MR) is 249 cm³/mol. The van der Waals surface area contributed by atoms with Gasteiger partial charge in [-0.1, -0.05) is 63.6 Å². The molecular weight excluding hydrogens is 862 g/mol. The van der Waals surface area contributed by atoms with Crippen molar-refractivity contribution in [1.29, 1.82) is 0 Å². The number of nitrogens with zero attached hydrogens (tertiary/aromatic N) is 4. The third kappa shape index (κ3) is 8.33. The number of fused-ring (bicyclic) bond motifs is 5. The quantitative estimate of drug-likeness (QED) is 0.0843. The first-order valence-corrected chi connectivity index (χ1v) is 22.8. The number of halogens is 1. The second-order valence-corrected chi connectivity index (χ2v) is 18.3. The first-order valence-electron chi connectivity index (χ1n) is 22.5. The number of rotatable bonds is 11. The number of hydrogen-bond acceptors (Lipinski definition) is 9. The number of ether oxygens (including phenoxy) is 3. The topological polar surface area (TPSA) is 200 Å². The normalized spacial score (nSPS) is 18.8. The maximum Gasteiger partial charge on any atom is 0.407 e. The van der Waals surface area contributed by atoms with Crippen LogP contribution >= 0.6 is 11.6 Å². The number of nitrogens with one attached hydrogen (secondary N) is 5. The van der Waals surface area contributed by atoms with E-state index >= 15 is 0 Å². The Morgan fingerprint density at radius 3 is 1.79 bits per heavy atom. The van der Waals surface area contributed by atoms with Gasteiger partial charge in [0.25, 0.3) is 0 Å². The van der Waals surface area contributed by atoms with Gasteiger partial charge in [0, 0.05) is 51.3 Å². The van der Waals surface area contributed by atoms with Crippen molar-refractivity contribution in [2.24, 2.45) is 11.8 Å². The minimum absolute atomic E-state index is 0.139. The number of amides is 4. The molecule has 6 aromatic rings. The van der Waals surface area contributed by atoms with Gasteiger partial charge in [-0.15, -0.1) is 0 Å². The highest BCUT2D eigenvalue weighted by Gasteiger charge is 2.40. The standard InChI is InChI=1S/C49H54ClN9O7/c1-25(2)40(56-48(62)64-5)46(60)58-19-7-9-36(58)44-51-23-34(54-44)28-14-18-33-32(21-28)39-42(53-33)31-17-13-29(22-38(31)66-43(39)27-11-15-30(50)16-12-27)35-24-52-45(55-35)37-10-8-20-59(37)47(61)41(26(3)4)57-49(63)65-6/h11-18,21-26,36-37,40-41,43,53H,7-10,19-20H2,1-6H3,(H,51,54)(H,52,55)(H,56,62)(H,57,63)/t36-,37-,40?,41-,43?/m0/s1. The summed E-state index contributed by atoms with van der Waals surface area (Å²) in [4.78, 5) is 75.7. The van der Waals surface area contributed by atoms with E-state index in [2.05, 4.69) is 43.8 Å². The average Bonchev–Trinajstić information content (AvgIpc) is 4.18. The number of H-pyrrole nitrogens is 3. The molecular formula is C49H54ClN9O7. The fourth-order valence-electron chi connectivity index (χ4n) is 9.61. The van der Waals surface area contributed by atoms with Crippen molar-refractivity contribution in [3.05, 3.63) is 101 Å². The summed E-state index contributed by atoms with van der Waals surface area (Å²) in [5.41, 5.74) is 8.05. The molecule has 3 aliphatic heterocycles. The predicted octanol–water partition coefficient (Wildman–Crippen LogP) is 8.84. The van der Waals surface area contributed by atoms with Crippen molar-refractivity contribution in [3.8, 4) is 39.5 Å². The fourth-order valence-corrected chi connectivity index (χ4v) is 9.73. The number of methoxy groups -OCH3 is 2. The third-order valence-electron chi connectivity index (χ3n) is 13.1. The number of hydrogen-bond donors (Lipinski definition) is 5. The van der Waals surface area contributed by atoms with E-state index < -0.39 is 30.4 Å². The number of carbonyl (C=O) groups is 4. The zero-order valence-electron chi connectivity index (χ0n) is 37.7. The molecule has 2 unspecified atom stereocenters. The lowest BCUT2D eigenvalue weighted by molar-refractivity contribution is -0.136. The summed E-state index contributed by atoms with van der Waals surface area (Å²) in [6, 6.07) is 18.0. The van der Waals surface area contributed by atoms with Gasteiger partial charge in [0.15, 0.2) is 6.10 Å². The molecule has 9 rings (SSSR count). The Kier molecular flexibility index (Phi) is 12.3. The molecule has 3 aromatic carbocycles. The molecule has 0 aliphatic carbocycles. The minimum Gasteiger partial charge on any atom is -0.480 e. The lowest BCUT2D eigenvalue weighted by Crippen LogP contribution is -2.51. The van der Waals surface area contributed by atoms with Crippen molar-refractivity contribution in [3.63, 3.8) is 0 Å². The van der Waals surface area contributed by atoms with E-state index in [0.717, 1.165) is 81.5 Å². The molecule has 2 fully saturated rings. The van der Waals surface area contributed by atoms with Crippen molar-refractivity contribution in [2.75, 3.05) is 27.3 Å². The van der Waals surface area contributed by atoms with Crippen LogP contribution in [-0.2, 0) is 19.1 Å². The molecule has 0 radical (unpaired) electrons. The van der Waals surface area contributed by atoms with Crippen molar-refractivity contribution in [2.45, 2.75) is 83.6 Å². The summed E-state index contributed by atoms with van der Waals surface area (Å²) in [5.74, 6) is 1.43. The molecule has 6 heterocycles. The van der Waals surface area contributed by atoms with Gasteiger partial charge >= 0.3 is 12.2 Å². The van der Waals surface area contributed by atoms with Crippen LogP contribution in [0.25, 0.3) is 44.7 Å². The highest BCUT2D eigenvalue weighted by atomic mass is 35.5. The fraction of sp³-hybridized carbons (Fsp3) is 0.388. The Morgan fingerprint density at radius 1 is 0.727 bits per heavy atom. The van der Waals surface area contributed by atoms with Gasteiger partial charge in [-0.3, -0.25) is 9.59 Å². The number of aromatic nitrogens is 5. The highest BCUT2D eigenvalue weighted by molar-refractivity contribution is 6.30. The van der Waals surface area contributed by atoms with Gasteiger partial charge in [0.05, 0.1) is 55.8 Å². The van der Waals surface area contributed by atoms with Gasteiger partial charge in [0.2, 0.25) is 11.8 Å². The van der Waals surface area contributed by atoms with Crippen molar-refractivity contribution < 1.29 is 33.4 Å². The minimum atomic E-state index is -0.729. The Labute approximate surface area is 387 Å². The maximum absolute atomic E-state index is 13.8. The van der Waals surface area contributed by atoms with E-state index in [-0.39, 0.29) is 35.7 Å². The van der Waals surface area contributed by atoms with E-state index in [1.54, 1.807) is 22.2 Å². The zero-order chi connectivity index (χ0) is 46.4. The van der Waals surface area contributed by atoms with Crippen LogP contribution < -0.4 is 15.4 Å². The van der Waals surface area contributed by atoms with Crippen LogP contribution in [0, 0.1) is 11.8 Å². The molecule has 2 saturated heterocycles. The van der Waals surface area contributed by atoms with Crippen LogP contribution in [-0.4, -0.2) is 98.1 Å². The second kappa shape index (κ2) is 18.2. The molecule has 0 saturated carbocycles. The van der Waals surface area contributed by atoms with Gasteiger partial charge < -0.3 is 49.6 Å². The van der Waals surface area contributed by atoms with E-state index in [9.17, 15) is 19.2 Å². The number of benzene rings is 3. The van der Waals surface area contributed by atoms with E-state index in [1.807, 2.05) is 70.2 Å². The maximum atomic E-state index is 13.8. The van der Waals surface area contributed by atoms with E-state index in [0.29, 0.717) is 35.5 Å². The Balaban J connectivity index is 1.02. The summed E-state index contributed by atoms with van der Waals surface area (Å²) >= 11 is 6.39. The van der Waals surface area contributed by atoms with Crippen LogP contribution in [0.3, 0.4) is 0 Å². The Bertz CT molecular complexity index is 2800. The summed E-state index contributed by atoms with van der Waals surface area (Å²) in [6.07, 6.45) is 4.92. The molecule has 5 atom stereocenters. The molecule has 4 amide bonds. The zero-order valence-corrected chi connectivity index (χ0v) is 38.5. The number of likely N-dealkylation sites (tertiary alicyclic amines) is 2.